The Kier molecular flexibility index (Phi) is 8.11. The van der Waals surface area contributed by atoms with Crippen LogP contribution in [0.3, 0.4) is 0 Å². The van der Waals surface area contributed by atoms with Crippen LogP contribution < -0.4 is 10.1 Å². The highest BCUT2D eigenvalue weighted by atomic mass is 16.5. The quantitative estimate of drug-likeness (QED) is 0.740. The highest BCUT2D eigenvalue weighted by Crippen LogP contribution is 2.13. The van der Waals surface area contributed by atoms with E-state index in [0.717, 1.165) is 17.9 Å². The van der Waals surface area contributed by atoms with Crippen LogP contribution in [0.15, 0.2) is 24.3 Å². The molecule has 0 fully saturated rings. The van der Waals surface area contributed by atoms with Crippen molar-refractivity contribution in [1.82, 2.24) is 15.1 Å². The number of carbonyl (C=O) groups is 2. The highest BCUT2D eigenvalue weighted by molar-refractivity contribution is 5.78. The minimum atomic E-state index is -0.0399. The fourth-order valence-electron chi connectivity index (χ4n) is 2.04. The number of rotatable bonds is 9. The van der Waals surface area contributed by atoms with E-state index in [4.69, 9.17) is 4.74 Å². The first-order chi connectivity index (χ1) is 10.9. The minimum absolute atomic E-state index is 0.0344. The SMILES string of the molecule is COc1ccc(CN(CCC(=O)NCCN(C)C)C(C)=O)cc1. The second-order valence-corrected chi connectivity index (χ2v) is 5.69. The maximum absolute atomic E-state index is 11.8. The van der Waals surface area contributed by atoms with Crippen LogP contribution in [0.4, 0.5) is 0 Å². The van der Waals surface area contributed by atoms with Gasteiger partial charge in [-0.15, -0.1) is 0 Å². The van der Waals surface area contributed by atoms with Crippen molar-refractivity contribution in [1.29, 1.82) is 0 Å². The predicted octanol–water partition coefficient (Wildman–Crippen LogP) is 1.11. The van der Waals surface area contributed by atoms with Crippen molar-refractivity contribution in [2.75, 3.05) is 40.8 Å². The van der Waals surface area contributed by atoms with Crippen molar-refractivity contribution in [3.05, 3.63) is 29.8 Å². The first-order valence-electron chi connectivity index (χ1n) is 7.72. The Morgan fingerprint density at radius 3 is 2.30 bits per heavy atom. The number of amides is 2. The van der Waals surface area contributed by atoms with Gasteiger partial charge in [0.1, 0.15) is 5.75 Å². The second kappa shape index (κ2) is 9.84. The summed E-state index contributed by atoms with van der Waals surface area (Å²) >= 11 is 0. The van der Waals surface area contributed by atoms with Crippen LogP contribution in [0.1, 0.15) is 18.9 Å². The molecular weight excluding hydrogens is 294 g/mol. The Hall–Kier alpha value is -2.08. The fraction of sp³-hybridized carbons (Fsp3) is 0.529. The third-order valence-corrected chi connectivity index (χ3v) is 3.47. The van der Waals surface area contributed by atoms with E-state index in [1.165, 1.54) is 6.92 Å². The maximum atomic E-state index is 11.8. The largest absolute Gasteiger partial charge is 0.497 e. The Morgan fingerprint density at radius 1 is 1.13 bits per heavy atom. The molecule has 0 spiro atoms. The van der Waals surface area contributed by atoms with Crippen LogP contribution in [0.2, 0.25) is 0 Å². The lowest BCUT2D eigenvalue weighted by Crippen LogP contribution is -2.35. The van der Waals surface area contributed by atoms with Crippen LogP contribution >= 0.6 is 0 Å². The highest BCUT2D eigenvalue weighted by Gasteiger charge is 2.12. The van der Waals surface area contributed by atoms with Crippen molar-refractivity contribution in [2.45, 2.75) is 19.9 Å². The molecule has 0 aromatic heterocycles. The lowest BCUT2D eigenvalue weighted by molar-refractivity contribution is -0.130. The van der Waals surface area contributed by atoms with Gasteiger partial charge in [0.15, 0.2) is 0 Å². The van der Waals surface area contributed by atoms with Crippen molar-refractivity contribution < 1.29 is 14.3 Å². The van der Waals surface area contributed by atoms with E-state index in [1.807, 2.05) is 43.3 Å². The zero-order valence-corrected chi connectivity index (χ0v) is 14.5. The smallest absolute Gasteiger partial charge is 0.221 e. The summed E-state index contributed by atoms with van der Waals surface area (Å²) in [7, 11) is 5.53. The average molecular weight is 321 g/mol. The van der Waals surface area contributed by atoms with Gasteiger partial charge in [-0.3, -0.25) is 9.59 Å². The Balaban J connectivity index is 2.45. The molecule has 6 nitrogen and oxygen atoms in total. The molecule has 1 aromatic carbocycles. The summed E-state index contributed by atoms with van der Waals surface area (Å²) in [5.74, 6) is 0.707. The van der Waals surface area contributed by atoms with E-state index in [2.05, 4.69) is 5.32 Å². The molecule has 0 saturated heterocycles. The molecular formula is C17H27N3O3. The van der Waals surface area contributed by atoms with Crippen LogP contribution in [0.25, 0.3) is 0 Å². The summed E-state index contributed by atoms with van der Waals surface area (Å²) in [5, 5.41) is 2.85. The van der Waals surface area contributed by atoms with Crippen molar-refractivity contribution in [3.8, 4) is 5.75 Å². The molecule has 0 unspecified atom stereocenters. The lowest BCUT2D eigenvalue weighted by Gasteiger charge is -2.21. The predicted molar refractivity (Wildman–Crippen MR) is 90.3 cm³/mol. The summed E-state index contributed by atoms with van der Waals surface area (Å²) in [6, 6.07) is 7.57. The third kappa shape index (κ3) is 7.65. The Morgan fingerprint density at radius 2 is 1.78 bits per heavy atom. The molecule has 0 saturated carbocycles. The molecule has 0 heterocycles. The Bertz CT molecular complexity index is 500. The Labute approximate surface area is 138 Å². The van der Waals surface area contributed by atoms with Gasteiger partial charge in [-0.1, -0.05) is 12.1 Å². The molecule has 0 aliphatic carbocycles. The summed E-state index contributed by atoms with van der Waals surface area (Å²) in [6.45, 7) is 3.84. The van der Waals surface area contributed by atoms with Crippen molar-refractivity contribution in [3.63, 3.8) is 0 Å². The van der Waals surface area contributed by atoms with Crippen LogP contribution in [-0.2, 0) is 16.1 Å². The van der Waals surface area contributed by atoms with Crippen LogP contribution in [0, 0.1) is 0 Å². The number of nitrogens with zero attached hydrogens (tertiary/aromatic N) is 2. The molecule has 0 aliphatic heterocycles. The number of nitrogens with one attached hydrogen (secondary N) is 1. The zero-order chi connectivity index (χ0) is 17.2. The van der Waals surface area contributed by atoms with Gasteiger partial charge in [0.05, 0.1) is 7.11 Å². The van der Waals surface area contributed by atoms with Gasteiger partial charge in [0.25, 0.3) is 0 Å². The van der Waals surface area contributed by atoms with Gasteiger partial charge < -0.3 is 19.9 Å². The monoisotopic (exact) mass is 321 g/mol. The second-order valence-electron chi connectivity index (χ2n) is 5.69. The first-order valence-corrected chi connectivity index (χ1v) is 7.72. The first kappa shape index (κ1) is 19.0. The summed E-state index contributed by atoms with van der Waals surface area (Å²) in [5.41, 5.74) is 1.01. The number of ether oxygens (including phenoxy) is 1. The van der Waals surface area contributed by atoms with Crippen LogP contribution in [-0.4, -0.2) is 62.5 Å². The van der Waals surface area contributed by atoms with Crippen molar-refractivity contribution in [2.24, 2.45) is 0 Å². The zero-order valence-electron chi connectivity index (χ0n) is 14.5. The van der Waals surface area contributed by atoms with E-state index in [9.17, 15) is 9.59 Å². The molecule has 1 rings (SSSR count). The number of hydrogen-bond donors (Lipinski definition) is 1. The van der Waals surface area contributed by atoms with Gasteiger partial charge in [-0.2, -0.15) is 0 Å². The third-order valence-electron chi connectivity index (χ3n) is 3.47. The van der Waals surface area contributed by atoms with Gasteiger partial charge in [-0.25, -0.2) is 0 Å². The lowest BCUT2D eigenvalue weighted by atomic mass is 10.2. The van der Waals surface area contributed by atoms with Gasteiger partial charge in [0.2, 0.25) is 11.8 Å². The fourth-order valence-corrected chi connectivity index (χ4v) is 2.04. The van der Waals surface area contributed by atoms with E-state index in [1.54, 1.807) is 12.0 Å². The number of methoxy groups -OCH3 is 1. The standard InChI is InChI=1S/C17H27N3O3/c1-14(21)20(11-9-17(22)18-10-12-19(2)3)13-15-5-7-16(23-4)8-6-15/h5-8H,9-13H2,1-4H3,(H,18,22). The van der Waals surface area contributed by atoms with Crippen molar-refractivity contribution >= 4 is 11.8 Å². The normalized spacial score (nSPS) is 10.5. The number of benzene rings is 1. The van der Waals surface area contributed by atoms with Gasteiger partial charge in [-0.05, 0) is 31.8 Å². The van der Waals surface area contributed by atoms with E-state index >= 15 is 0 Å². The molecule has 6 heteroatoms. The molecule has 0 aliphatic rings. The minimum Gasteiger partial charge on any atom is -0.497 e. The average Bonchev–Trinajstić information content (AvgIpc) is 2.51. The molecule has 0 radical (unpaired) electrons. The molecule has 0 bridgehead atoms. The van der Waals surface area contributed by atoms with Gasteiger partial charge in [0, 0.05) is 39.5 Å². The molecule has 2 amide bonds. The van der Waals surface area contributed by atoms with Gasteiger partial charge >= 0.3 is 0 Å². The molecule has 1 aromatic rings. The summed E-state index contributed by atoms with van der Waals surface area (Å²) in [4.78, 5) is 27.2. The maximum Gasteiger partial charge on any atom is 0.221 e. The molecule has 128 valence electrons. The van der Waals surface area contributed by atoms with Crippen LogP contribution in [0.5, 0.6) is 5.75 Å². The molecule has 0 atom stereocenters. The summed E-state index contributed by atoms with van der Waals surface area (Å²) < 4.78 is 5.12. The van der Waals surface area contributed by atoms with E-state index < -0.39 is 0 Å². The number of hydrogen-bond acceptors (Lipinski definition) is 4. The topological polar surface area (TPSA) is 61.9 Å². The number of likely N-dealkylation sites (N-methyl/N-ethyl adjacent to an activating group) is 1. The van der Waals surface area contributed by atoms with E-state index in [-0.39, 0.29) is 11.8 Å². The molecule has 23 heavy (non-hydrogen) atoms. The number of carbonyl (C=O) groups excluding carboxylic acids is 2. The van der Waals surface area contributed by atoms with E-state index in [0.29, 0.717) is 26.1 Å². The molecule has 1 N–H and O–H groups in total. The summed E-state index contributed by atoms with van der Waals surface area (Å²) in [6.07, 6.45) is 0.309.